The molecule has 0 unspecified atom stereocenters. The smallest absolute Gasteiger partial charge is 0.162 e. The van der Waals surface area contributed by atoms with Crippen LogP contribution >= 0.6 is 0 Å². The number of carbonyl (C=O) groups excluding carboxylic acids is 2. The first-order chi connectivity index (χ1) is 46.4. The van der Waals surface area contributed by atoms with Gasteiger partial charge in [0, 0.05) is 60.8 Å². The third-order valence-electron chi connectivity index (χ3n) is 21.6. The van der Waals surface area contributed by atoms with E-state index in [1.807, 2.05) is 36.4 Å². The van der Waals surface area contributed by atoms with Crippen LogP contribution in [-0.2, 0) is 9.59 Å². The minimum Gasteiger partial charge on any atom is -0.508 e. The molecule has 1 fully saturated rings. The molecule has 0 amide bonds. The van der Waals surface area contributed by atoms with Gasteiger partial charge in [0.2, 0.25) is 0 Å². The number of ketones is 2. The van der Waals surface area contributed by atoms with Crippen LogP contribution in [0.3, 0.4) is 0 Å². The number of aromatic hydroxyl groups is 2. The van der Waals surface area contributed by atoms with E-state index < -0.39 is 11.8 Å². The van der Waals surface area contributed by atoms with Crippen LogP contribution < -0.4 is 9.80 Å². The summed E-state index contributed by atoms with van der Waals surface area (Å²) in [5.41, 5.74) is 2.77. The van der Waals surface area contributed by atoms with Crippen molar-refractivity contribution in [2.75, 3.05) is 36.0 Å². The summed E-state index contributed by atoms with van der Waals surface area (Å²) in [7, 11) is 0. The second-order valence-electron chi connectivity index (χ2n) is 30.3. The molecule has 6 nitrogen and oxygen atoms in total. The van der Waals surface area contributed by atoms with E-state index in [4.69, 9.17) is 0 Å². The number of unbranched alkanes of at least 4 members (excludes halogenated alkanes) is 60. The fourth-order valence-electron chi connectivity index (χ4n) is 15.2. The number of nitrogens with zero attached hydrogens (tertiary/aromatic N) is 2. The highest BCUT2D eigenvalue weighted by Crippen LogP contribution is 2.47. The summed E-state index contributed by atoms with van der Waals surface area (Å²) >= 11 is 0. The Labute approximate surface area is 585 Å². The highest BCUT2D eigenvalue weighted by Gasteiger charge is 2.52. The van der Waals surface area contributed by atoms with E-state index >= 15 is 0 Å². The van der Waals surface area contributed by atoms with Crippen LogP contribution in [0.1, 0.15) is 462 Å². The van der Waals surface area contributed by atoms with Crippen molar-refractivity contribution in [3.05, 3.63) is 47.5 Å². The molecule has 2 aromatic carbocycles. The highest BCUT2D eigenvalue weighted by atomic mass is 16.3. The number of anilines is 2. The molecular weight excluding hydrogens is 1150 g/mol. The molecule has 0 heterocycles. The maximum atomic E-state index is 14.2. The summed E-state index contributed by atoms with van der Waals surface area (Å²) in [6.45, 7) is 13.0. The minimum absolute atomic E-state index is 0.0324. The molecule has 0 atom stereocenters. The lowest BCUT2D eigenvalue weighted by Gasteiger charge is -2.34. The predicted octanol–water partition coefficient (Wildman–Crippen LogP) is 28.8. The van der Waals surface area contributed by atoms with Crippen molar-refractivity contribution in [3.8, 4) is 11.5 Å². The third kappa shape index (κ3) is 42.7. The average molecular weight is 1310 g/mol. The van der Waals surface area contributed by atoms with Crippen LogP contribution in [0, 0.1) is 0 Å². The van der Waals surface area contributed by atoms with E-state index in [9.17, 15) is 19.8 Å². The van der Waals surface area contributed by atoms with Gasteiger partial charge >= 0.3 is 0 Å². The van der Waals surface area contributed by atoms with E-state index in [1.165, 1.54) is 385 Å². The molecule has 544 valence electrons. The number of rotatable bonds is 72. The second-order valence-corrected chi connectivity index (χ2v) is 30.3. The molecule has 1 aliphatic carbocycles. The Hall–Kier alpha value is -3.02. The average Bonchev–Trinajstić information content (AvgIpc) is 0.742. The summed E-state index contributed by atoms with van der Waals surface area (Å²) in [6.07, 6.45) is 86.7. The standard InChI is InChI=1S/C88H158N2O4/c1-5-9-13-17-21-25-29-33-37-41-45-49-53-57-61-65-73-89(74-66-62-58-54-50-46-42-38-34-30-26-22-18-14-10-6-2)79-69-71-81(83(91)77-79)85-87(93)86(88(85)94)82-72-70-80(78-84(82)92)90(75-67-63-59-55-51-47-43-39-35-31-27-23-19-15-11-7-3)76-68-64-60-56-52-48-44-40-36-32-28-24-20-16-12-8-4/h69-72,77-78,85-86,91-92H,5-68,73-76H2,1-4H3. The maximum Gasteiger partial charge on any atom is 0.162 e. The number of hydrogen-bond donors (Lipinski definition) is 2. The molecule has 3 rings (SSSR count). The molecule has 2 aromatic rings. The number of phenolic OH excluding ortho intramolecular Hbond substituents is 2. The first-order valence-electron chi connectivity index (χ1n) is 42.6. The Kier molecular flexibility index (Phi) is 56.4. The molecule has 94 heavy (non-hydrogen) atoms. The monoisotopic (exact) mass is 1310 g/mol. The van der Waals surface area contributed by atoms with Gasteiger partial charge in [-0.15, -0.1) is 0 Å². The Morgan fingerprint density at radius 2 is 0.383 bits per heavy atom. The quantitative estimate of drug-likeness (QED) is 0.0507. The van der Waals surface area contributed by atoms with E-state index in [0.717, 1.165) is 63.2 Å². The molecule has 0 saturated heterocycles. The summed E-state index contributed by atoms with van der Waals surface area (Å²) in [6, 6.07) is 11.4. The molecule has 0 bridgehead atoms. The number of Topliss-reactive ketones (excluding diaryl/α,β-unsaturated/α-hetero) is 2. The largest absolute Gasteiger partial charge is 0.508 e. The minimum atomic E-state index is -1.01. The van der Waals surface area contributed by atoms with Crippen molar-refractivity contribution in [2.45, 2.75) is 450 Å². The number of hydrogen-bond acceptors (Lipinski definition) is 6. The Bertz CT molecular complexity index is 1790. The van der Waals surface area contributed by atoms with Gasteiger partial charge in [-0.05, 0) is 37.8 Å². The number of benzene rings is 2. The van der Waals surface area contributed by atoms with Gasteiger partial charge < -0.3 is 20.0 Å². The van der Waals surface area contributed by atoms with Crippen LogP contribution in [0.2, 0.25) is 0 Å². The molecule has 0 radical (unpaired) electrons. The lowest BCUT2D eigenvalue weighted by Crippen LogP contribution is -2.44. The lowest BCUT2D eigenvalue weighted by atomic mass is 9.65. The van der Waals surface area contributed by atoms with Crippen molar-refractivity contribution in [1.82, 2.24) is 0 Å². The molecule has 2 N–H and O–H groups in total. The fourth-order valence-corrected chi connectivity index (χ4v) is 15.2. The summed E-state index contributed by atoms with van der Waals surface area (Å²) in [5.74, 6) is -2.41. The van der Waals surface area contributed by atoms with Gasteiger partial charge in [-0.25, -0.2) is 0 Å². The van der Waals surface area contributed by atoms with Crippen molar-refractivity contribution in [2.24, 2.45) is 0 Å². The summed E-state index contributed by atoms with van der Waals surface area (Å²) in [5, 5.41) is 23.4. The zero-order chi connectivity index (χ0) is 67.3. The molecular formula is C88H158N2O4. The van der Waals surface area contributed by atoms with Gasteiger partial charge in [0.15, 0.2) is 11.6 Å². The van der Waals surface area contributed by atoms with Gasteiger partial charge in [0.05, 0.1) is 0 Å². The van der Waals surface area contributed by atoms with Crippen molar-refractivity contribution < 1.29 is 19.8 Å². The Morgan fingerprint density at radius 3 is 0.532 bits per heavy atom. The van der Waals surface area contributed by atoms with Crippen molar-refractivity contribution in [1.29, 1.82) is 0 Å². The van der Waals surface area contributed by atoms with E-state index in [2.05, 4.69) is 37.5 Å². The predicted molar refractivity (Wildman–Crippen MR) is 414 cm³/mol. The number of phenols is 2. The summed E-state index contributed by atoms with van der Waals surface area (Å²) in [4.78, 5) is 33.2. The Morgan fingerprint density at radius 1 is 0.234 bits per heavy atom. The Balaban J connectivity index is 1.53. The fraction of sp³-hybridized carbons (Fsp3) is 0.841. The zero-order valence-electron chi connectivity index (χ0n) is 63.3. The maximum absolute atomic E-state index is 14.2. The van der Waals surface area contributed by atoms with Crippen LogP contribution in [0.25, 0.3) is 0 Å². The highest BCUT2D eigenvalue weighted by molar-refractivity contribution is 6.31. The third-order valence-corrected chi connectivity index (χ3v) is 21.6. The van der Waals surface area contributed by atoms with Crippen LogP contribution in [0.15, 0.2) is 36.4 Å². The van der Waals surface area contributed by atoms with Crippen LogP contribution in [0.5, 0.6) is 11.5 Å². The molecule has 1 saturated carbocycles. The van der Waals surface area contributed by atoms with E-state index in [-0.39, 0.29) is 23.1 Å². The summed E-state index contributed by atoms with van der Waals surface area (Å²) < 4.78 is 0. The van der Waals surface area contributed by atoms with Crippen LogP contribution in [-0.4, -0.2) is 48.0 Å². The first-order valence-corrected chi connectivity index (χ1v) is 42.6. The van der Waals surface area contributed by atoms with Gasteiger partial charge in [0.25, 0.3) is 0 Å². The van der Waals surface area contributed by atoms with Crippen LogP contribution in [0.4, 0.5) is 11.4 Å². The zero-order valence-corrected chi connectivity index (χ0v) is 63.3. The van der Waals surface area contributed by atoms with E-state index in [1.54, 1.807) is 0 Å². The second kappa shape index (κ2) is 62.2. The molecule has 6 heteroatoms. The normalized spacial score (nSPS) is 14.0. The van der Waals surface area contributed by atoms with Crippen molar-refractivity contribution >= 4 is 22.9 Å². The topological polar surface area (TPSA) is 81.1 Å². The van der Waals surface area contributed by atoms with Gasteiger partial charge in [-0.1, -0.05) is 425 Å². The van der Waals surface area contributed by atoms with Gasteiger partial charge in [-0.3, -0.25) is 9.59 Å². The number of carbonyl (C=O) groups is 2. The van der Waals surface area contributed by atoms with E-state index in [0.29, 0.717) is 11.1 Å². The molecule has 0 spiro atoms. The molecule has 0 aromatic heterocycles. The first kappa shape index (κ1) is 85.2. The van der Waals surface area contributed by atoms with Crippen molar-refractivity contribution in [3.63, 3.8) is 0 Å². The lowest BCUT2D eigenvalue weighted by molar-refractivity contribution is -0.142. The van der Waals surface area contributed by atoms with Gasteiger partial charge in [0.1, 0.15) is 23.3 Å². The molecule has 1 aliphatic rings. The molecule has 0 aliphatic heterocycles. The van der Waals surface area contributed by atoms with Gasteiger partial charge in [-0.2, -0.15) is 0 Å². The SMILES string of the molecule is CCCCCCCCCCCCCCCCCCN(CCCCCCCCCCCCCCCCCC)c1ccc(C2C(=O)C(c3ccc(N(CCCCCCCCCCCCCCCCCC)CCCCCCCCCCCCCCCCCC)cc3O)C2=O)c(O)c1.